The molecule has 0 radical (unpaired) electrons. The van der Waals surface area contributed by atoms with Crippen molar-refractivity contribution in [1.29, 1.82) is 0 Å². The Labute approximate surface area is 69.0 Å². The SMILES string of the molecule is CCc1c(F)cccc1[N+](=O)[O-]. The molecule has 0 N–H and O–H groups in total. The molecule has 0 unspecified atom stereocenters. The third kappa shape index (κ3) is 1.42. The molecule has 0 aliphatic heterocycles. The molecule has 1 rings (SSSR count). The summed E-state index contributed by atoms with van der Waals surface area (Å²) in [5, 5.41) is 10.4. The number of nitro benzene ring substituents is 1. The lowest BCUT2D eigenvalue weighted by molar-refractivity contribution is -0.385. The molecule has 0 atom stereocenters. The van der Waals surface area contributed by atoms with E-state index in [2.05, 4.69) is 0 Å². The maximum Gasteiger partial charge on any atom is 0.275 e. The number of hydrogen-bond acceptors (Lipinski definition) is 2. The van der Waals surface area contributed by atoms with Gasteiger partial charge in [0.05, 0.1) is 10.5 Å². The van der Waals surface area contributed by atoms with E-state index in [0.29, 0.717) is 6.42 Å². The summed E-state index contributed by atoms with van der Waals surface area (Å²) in [6.07, 6.45) is 0.336. The number of nitro groups is 1. The lowest BCUT2D eigenvalue weighted by Crippen LogP contribution is -1.96. The third-order valence-corrected chi connectivity index (χ3v) is 1.64. The molecule has 0 aromatic heterocycles. The average molecular weight is 169 g/mol. The van der Waals surface area contributed by atoms with Crippen LogP contribution in [-0.4, -0.2) is 4.92 Å². The van der Waals surface area contributed by atoms with Crippen LogP contribution in [-0.2, 0) is 6.42 Å². The molecule has 0 bridgehead atoms. The maximum atomic E-state index is 12.9. The first-order valence-corrected chi connectivity index (χ1v) is 3.58. The summed E-state index contributed by atoms with van der Waals surface area (Å²) in [6, 6.07) is 3.88. The van der Waals surface area contributed by atoms with Crippen LogP contribution in [0.25, 0.3) is 0 Å². The molecular weight excluding hydrogens is 161 g/mol. The summed E-state index contributed by atoms with van der Waals surface area (Å²) in [5.74, 6) is -0.508. The Bertz CT molecular complexity index is 312. The molecule has 3 nitrogen and oxygen atoms in total. The van der Waals surface area contributed by atoms with Gasteiger partial charge in [-0.15, -0.1) is 0 Å². The van der Waals surface area contributed by atoms with E-state index in [1.54, 1.807) is 6.92 Å². The van der Waals surface area contributed by atoms with Crippen molar-refractivity contribution in [3.63, 3.8) is 0 Å². The number of rotatable bonds is 2. The first-order valence-electron chi connectivity index (χ1n) is 3.58. The Morgan fingerprint density at radius 1 is 1.58 bits per heavy atom. The molecule has 1 aromatic rings. The van der Waals surface area contributed by atoms with Crippen molar-refractivity contribution >= 4 is 5.69 Å². The van der Waals surface area contributed by atoms with Gasteiger partial charge >= 0.3 is 0 Å². The van der Waals surface area contributed by atoms with Gasteiger partial charge in [-0.25, -0.2) is 4.39 Å². The smallest absolute Gasteiger partial charge is 0.258 e. The lowest BCUT2D eigenvalue weighted by Gasteiger charge is -1.99. The Morgan fingerprint density at radius 3 is 2.67 bits per heavy atom. The molecule has 0 aliphatic carbocycles. The Balaban J connectivity index is 3.27. The van der Waals surface area contributed by atoms with Crippen LogP contribution < -0.4 is 0 Å². The van der Waals surface area contributed by atoms with Crippen LogP contribution in [0.3, 0.4) is 0 Å². The monoisotopic (exact) mass is 169 g/mol. The minimum atomic E-state index is -0.568. The molecule has 0 heterocycles. The Morgan fingerprint density at radius 2 is 2.25 bits per heavy atom. The van der Waals surface area contributed by atoms with Crippen molar-refractivity contribution in [2.75, 3.05) is 0 Å². The van der Waals surface area contributed by atoms with Gasteiger partial charge in [0.1, 0.15) is 5.82 Å². The largest absolute Gasteiger partial charge is 0.275 e. The van der Waals surface area contributed by atoms with Gasteiger partial charge in [0.15, 0.2) is 0 Å². The summed E-state index contributed by atoms with van der Waals surface area (Å²) < 4.78 is 12.9. The number of halogens is 1. The molecule has 4 heteroatoms. The van der Waals surface area contributed by atoms with Crippen molar-refractivity contribution in [1.82, 2.24) is 0 Å². The number of nitrogens with zero attached hydrogens (tertiary/aromatic N) is 1. The van der Waals surface area contributed by atoms with Crippen LogP contribution >= 0.6 is 0 Å². The summed E-state index contributed by atoms with van der Waals surface area (Å²) in [4.78, 5) is 9.80. The molecule has 0 saturated carbocycles. The van der Waals surface area contributed by atoms with Crippen LogP contribution in [0.5, 0.6) is 0 Å². The predicted molar refractivity (Wildman–Crippen MR) is 42.4 cm³/mol. The van der Waals surface area contributed by atoms with Crippen molar-refractivity contribution in [2.45, 2.75) is 13.3 Å². The fourth-order valence-corrected chi connectivity index (χ4v) is 1.07. The van der Waals surface area contributed by atoms with Crippen LogP contribution in [0, 0.1) is 15.9 Å². The molecule has 0 spiro atoms. The summed E-state index contributed by atoms with van der Waals surface area (Å²) >= 11 is 0. The average Bonchev–Trinajstić information content (AvgIpc) is 2.03. The zero-order valence-corrected chi connectivity index (χ0v) is 6.58. The Hall–Kier alpha value is -1.45. The van der Waals surface area contributed by atoms with E-state index >= 15 is 0 Å². The minimum absolute atomic E-state index is 0.141. The highest BCUT2D eigenvalue weighted by molar-refractivity contribution is 5.40. The first kappa shape index (κ1) is 8.64. The highest BCUT2D eigenvalue weighted by Crippen LogP contribution is 2.21. The van der Waals surface area contributed by atoms with Gasteiger partial charge in [0.2, 0.25) is 0 Å². The van der Waals surface area contributed by atoms with Crippen molar-refractivity contribution in [3.05, 3.63) is 39.7 Å². The molecule has 12 heavy (non-hydrogen) atoms. The fraction of sp³-hybridized carbons (Fsp3) is 0.250. The second-order valence-electron chi connectivity index (χ2n) is 2.35. The van der Waals surface area contributed by atoms with Gasteiger partial charge in [0, 0.05) is 6.07 Å². The van der Waals surface area contributed by atoms with Crippen molar-refractivity contribution < 1.29 is 9.31 Å². The molecular formula is C8H8FNO2. The van der Waals surface area contributed by atoms with E-state index in [1.807, 2.05) is 0 Å². The molecule has 0 fully saturated rings. The molecule has 1 aromatic carbocycles. The van der Waals surface area contributed by atoms with Gasteiger partial charge in [-0.05, 0) is 12.5 Å². The van der Waals surface area contributed by atoms with E-state index < -0.39 is 10.7 Å². The first-order chi connectivity index (χ1) is 5.66. The van der Waals surface area contributed by atoms with E-state index in [-0.39, 0.29) is 11.3 Å². The highest BCUT2D eigenvalue weighted by Gasteiger charge is 2.14. The molecule has 64 valence electrons. The molecule has 0 aliphatic rings. The van der Waals surface area contributed by atoms with Crippen LogP contribution in [0.1, 0.15) is 12.5 Å². The van der Waals surface area contributed by atoms with E-state index in [9.17, 15) is 14.5 Å². The van der Waals surface area contributed by atoms with Crippen LogP contribution in [0.4, 0.5) is 10.1 Å². The van der Waals surface area contributed by atoms with Gasteiger partial charge in [-0.3, -0.25) is 10.1 Å². The quantitative estimate of drug-likeness (QED) is 0.503. The van der Waals surface area contributed by atoms with Gasteiger partial charge < -0.3 is 0 Å². The van der Waals surface area contributed by atoms with E-state index in [1.165, 1.54) is 18.2 Å². The molecule has 0 amide bonds. The Kier molecular flexibility index (Phi) is 2.38. The van der Waals surface area contributed by atoms with Gasteiger partial charge in [0.25, 0.3) is 5.69 Å². The zero-order valence-electron chi connectivity index (χ0n) is 6.58. The number of benzene rings is 1. The van der Waals surface area contributed by atoms with Gasteiger partial charge in [-0.1, -0.05) is 13.0 Å². The maximum absolute atomic E-state index is 12.9. The van der Waals surface area contributed by atoms with Crippen molar-refractivity contribution in [3.8, 4) is 0 Å². The fourth-order valence-electron chi connectivity index (χ4n) is 1.07. The summed E-state index contributed by atoms with van der Waals surface area (Å²) in [5.41, 5.74) is 0.0278. The lowest BCUT2D eigenvalue weighted by atomic mass is 10.1. The topological polar surface area (TPSA) is 43.1 Å². The summed E-state index contributed by atoms with van der Waals surface area (Å²) in [6.45, 7) is 1.69. The number of hydrogen-bond donors (Lipinski definition) is 0. The standard InChI is InChI=1S/C8H8FNO2/c1-2-6-7(9)4-3-5-8(6)10(11)12/h3-5H,2H2,1H3. The minimum Gasteiger partial charge on any atom is -0.258 e. The zero-order chi connectivity index (χ0) is 9.14. The second-order valence-corrected chi connectivity index (χ2v) is 2.35. The summed E-state index contributed by atoms with van der Waals surface area (Å²) in [7, 11) is 0. The van der Waals surface area contributed by atoms with Gasteiger partial charge in [-0.2, -0.15) is 0 Å². The van der Waals surface area contributed by atoms with Crippen LogP contribution in [0.15, 0.2) is 18.2 Å². The van der Waals surface area contributed by atoms with Crippen LogP contribution in [0.2, 0.25) is 0 Å². The van der Waals surface area contributed by atoms with E-state index in [4.69, 9.17) is 0 Å². The predicted octanol–water partition coefficient (Wildman–Crippen LogP) is 2.30. The molecule has 0 saturated heterocycles. The highest BCUT2D eigenvalue weighted by atomic mass is 19.1. The second kappa shape index (κ2) is 3.30. The van der Waals surface area contributed by atoms with Crippen molar-refractivity contribution in [2.24, 2.45) is 0 Å². The normalized spacial score (nSPS) is 9.83. The van der Waals surface area contributed by atoms with E-state index in [0.717, 1.165) is 0 Å². The third-order valence-electron chi connectivity index (χ3n) is 1.64.